The van der Waals surface area contributed by atoms with Crippen LogP contribution in [0, 0.1) is 5.92 Å². The molecule has 1 heterocycles. The molecule has 3 nitrogen and oxygen atoms in total. The summed E-state index contributed by atoms with van der Waals surface area (Å²) in [5.41, 5.74) is 4.89. The number of rotatable bonds is 5. The first kappa shape index (κ1) is 14.0. The van der Waals surface area contributed by atoms with Crippen LogP contribution in [0.2, 0.25) is 0 Å². The van der Waals surface area contributed by atoms with Gasteiger partial charge in [-0.1, -0.05) is 25.1 Å². The van der Waals surface area contributed by atoms with Crippen molar-refractivity contribution in [2.75, 3.05) is 11.9 Å². The maximum Gasteiger partial charge on any atom is 0.433 e. The molecule has 2 rings (SSSR count). The summed E-state index contributed by atoms with van der Waals surface area (Å²) in [4.78, 5) is 3.62. The van der Waals surface area contributed by atoms with Gasteiger partial charge < -0.3 is 11.1 Å². The van der Waals surface area contributed by atoms with Crippen molar-refractivity contribution in [1.82, 2.24) is 4.98 Å². The largest absolute Gasteiger partial charge is 0.433 e. The number of aromatic nitrogens is 1. The van der Waals surface area contributed by atoms with Crippen molar-refractivity contribution in [3.8, 4) is 0 Å². The zero-order valence-electron chi connectivity index (χ0n) is 10.1. The van der Waals surface area contributed by atoms with E-state index < -0.39 is 11.9 Å². The molecule has 0 aromatic carbocycles. The number of hydrogen-bond acceptors (Lipinski definition) is 3. The molecule has 1 aromatic rings. The lowest BCUT2D eigenvalue weighted by Crippen LogP contribution is -2.18. The predicted octanol–water partition coefficient (Wildman–Crippen LogP) is 2.95. The number of alkyl halides is 3. The van der Waals surface area contributed by atoms with Crippen LogP contribution >= 0.6 is 12.2 Å². The highest BCUT2D eigenvalue weighted by molar-refractivity contribution is 7.80. The molecule has 1 fully saturated rings. The van der Waals surface area contributed by atoms with E-state index in [0.717, 1.165) is 12.5 Å². The van der Waals surface area contributed by atoms with Crippen molar-refractivity contribution in [3.05, 3.63) is 23.4 Å². The molecule has 1 saturated carbocycles. The van der Waals surface area contributed by atoms with E-state index in [4.69, 9.17) is 18.0 Å². The van der Waals surface area contributed by atoms with Crippen LogP contribution in [-0.2, 0) is 6.18 Å². The minimum atomic E-state index is -4.47. The Labute approximate surface area is 114 Å². The van der Waals surface area contributed by atoms with Gasteiger partial charge >= 0.3 is 6.18 Å². The van der Waals surface area contributed by atoms with Crippen LogP contribution in [0.3, 0.4) is 0 Å². The van der Waals surface area contributed by atoms with Crippen molar-refractivity contribution in [2.45, 2.75) is 25.4 Å². The topological polar surface area (TPSA) is 50.9 Å². The van der Waals surface area contributed by atoms with Gasteiger partial charge in [0.25, 0.3) is 0 Å². The number of nitrogens with two attached hydrogens (primary N) is 1. The maximum atomic E-state index is 12.6. The number of anilines is 1. The second kappa shape index (κ2) is 5.32. The molecule has 1 aliphatic carbocycles. The first-order valence-electron chi connectivity index (χ1n) is 6.00. The highest BCUT2D eigenvalue weighted by atomic mass is 32.1. The van der Waals surface area contributed by atoms with Crippen molar-refractivity contribution in [2.24, 2.45) is 11.7 Å². The number of halogens is 3. The summed E-state index contributed by atoms with van der Waals surface area (Å²) >= 11 is 4.82. The standard InChI is InChI=1S/C12H14F3N3S/c13-12(14,15)9-4-3-8(10(16)19)11(18-9)17-6-5-7-1-2-7/h3-4,7H,1-2,5-6H2,(H2,16,19)(H,17,18). The number of hydrogen-bond donors (Lipinski definition) is 2. The summed E-state index contributed by atoms with van der Waals surface area (Å²) < 4.78 is 37.8. The van der Waals surface area contributed by atoms with Gasteiger partial charge in [-0.2, -0.15) is 13.2 Å². The van der Waals surface area contributed by atoms with E-state index in [0.29, 0.717) is 18.0 Å². The molecule has 0 amide bonds. The van der Waals surface area contributed by atoms with Crippen LogP contribution in [0.5, 0.6) is 0 Å². The van der Waals surface area contributed by atoms with Gasteiger partial charge in [0.1, 0.15) is 16.5 Å². The molecule has 1 aliphatic rings. The van der Waals surface area contributed by atoms with Crippen molar-refractivity contribution < 1.29 is 13.2 Å². The van der Waals surface area contributed by atoms with E-state index >= 15 is 0 Å². The highest BCUT2D eigenvalue weighted by Gasteiger charge is 2.33. The Bertz CT molecular complexity index is 484. The molecule has 1 aromatic heterocycles. The predicted molar refractivity (Wildman–Crippen MR) is 71.0 cm³/mol. The quantitative estimate of drug-likeness (QED) is 0.818. The summed E-state index contributed by atoms with van der Waals surface area (Å²) in [6.07, 6.45) is -1.16. The molecule has 0 aliphatic heterocycles. The number of nitrogens with zero attached hydrogens (tertiary/aromatic N) is 1. The average molecular weight is 289 g/mol. The molecular formula is C12H14F3N3S. The van der Waals surface area contributed by atoms with E-state index in [1.54, 1.807) is 0 Å². The van der Waals surface area contributed by atoms with E-state index in [1.165, 1.54) is 18.9 Å². The van der Waals surface area contributed by atoms with Crippen LogP contribution in [0.25, 0.3) is 0 Å². The third-order valence-electron chi connectivity index (χ3n) is 2.99. The smallest absolute Gasteiger partial charge is 0.389 e. The Morgan fingerprint density at radius 2 is 2.11 bits per heavy atom. The van der Waals surface area contributed by atoms with Gasteiger partial charge in [0.05, 0.1) is 5.56 Å². The van der Waals surface area contributed by atoms with Crippen LogP contribution in [0.15, 0.2) is 12.1 Å². The molecule has 3 N–H and O–H groups in total. The third kappa shape index (κ3) is 3.79. The molecule has 19 heavy (non-hydrogen) atoms. The van der Waals surface area contributed by atoms with Crippen molar-refractivity contribution in [3.63, 3.8) is 0 Å². The SMILES string of the molecule is NC(=S)c1ccc(C(F)(F)F)nc1NCCC1CC1. The molecule has 104 valence electrons. The number of nitrogens with one attached hydrogen (secondary N) is 1. The molecular weight excluding hydrogens is 275 g/mol. The van der Waals surface area contributed by atoms with Crippen LogP contribution in [0.1, 0.15) is 30.5 Å². The third-order valence-corrected chi connectivity index (χ3v) is 3.21. The van der Waals surface area contributed by atoms with Gasteiger partial charge in [0.15, 0.2) is 0 Å². The van der Waals surface area contributed by atoms with E-state index in [9.17, 15) is 13.2 Å². The fourth-order valence-corrected chi connectivity index (χ4v) is 1.92. The van der Waals surface area contributed by atoms with Gasteiger partial charge in [-0.3, -0.25) is 0 Å². The van der Waals surface area contributed by atoms with Crippen LogP contribution < -0.4 is 11.1 Å². The molecule has 0 saturated heterocycles. The molecule has 0 atom stereocenters. The van der Waals surface area contributed by atoms with E-state index in [2.05, 4.69) is 10.3 Å². The second-order valence-electron chi connectivity index (χ2n) is 4.61. The van der Waals surface area contributed by atoms with E-state index in [1.807, 2.05) is 0 Å². The lowest BCUT2D eigenvalue weighted by atomic mass is 10.2. The van der Waals surface area contributed by atoms with E-state index in [-0.39, 0.29) is 10.8 Å². The Balaban J connectivity index is 2.16. The zero-order valence-corrected chi connectivity index (χ0v) is 10.9. The molecule has 0 radical (unpaired) electrons. The fourth-order valence-electron chi connectivity index (χ4n) is 1.75. The maximum absolute atomic E-state index is 12.6. The highest BCUT2D eigenvalue weighted by Crippen LogP contribution is 2.32. The summed E-state index contributed by atoms with van der Waals surface area (Å²) in [6.45, 7) is 0.578. The minimum absolute atomic E-state index is 0.0372. The van der Waals surface area contributed by atoms with Crippen LogP contribution in [-0.4, -0.2) is 16.5 Å². The zero-order chi connectivity index (χ0) is 14.0. The van der Waals surface area contributed by atoms with Gasteiger partial charge in [0, 0.05) is 6.54 Å². The fraction of sp³-hybridized carbons (Fsp3) is 0.500. The van der Waals surface area contributed by atoms with Gasteiger partial charge in [-0.15, -0.1) is 0 Å². The van der Waals surface area contributed by atoms with Crippen LogP contribution in [0.4, 0.5) is 19.0 Å². The van der Waals surface area contributed by atoms with Crippen molar-refractivity contribution in [1.29, 1.82) is 0 Å². The summed E-state index contributed by atoms with van der Waals surface area (Å²) in [5, 5.41) is 2.90. The van der Waals surface area contributed by atoms with Crippen molar-refractivity contribution >= 4 is 23.0 Å². The second-order valence-corrected chi connectivity index (χ2v) is 5.05. The Kier molecular flexibility index (Phi) is 3.93. The Morgan fingerprint density at radius 1 is 1.42 bits per heavy atom. The normalized spacial score (nSPS) is 15.3. The lowest BCUT2D eigenvalue weighted by Gasteiger charge is -2.13. The molecule has 0 spiro atoms. The summed E-state index contributed by atoms with van der Waals surface area (Å²) in [7, 11) is 0. The summed E-state index contributed by atoms with van der Waals surface area (Å²) in [5.74, 6) is 0.801. The monoisotopic (exact) mass is 289 g/mol. The first-order valence-corrected chi connectivity index (χ1v) is 6.40. The summed E-state index contributed by atoms with van der Waals surface area (Å²) in [6, 6.07) is 2.15. The van der Waals surface area contributed by atoms with Gasteiger partial charge in [-0.25, -0.2) is 4.98 Å². The lowest BCUT2D eigenvalue weighted by molar-refractivity contribution is -0.141. The first-order chi connectivity index (χ1) is 8.88. The average Bonchev–Trinajstić information content (AvgIpc) is 3.11. The number of pyridine rings is 1. The number of thiocarbonyl (C=S) groups is 1. The Morgan fingerprint density at radius 3 is 2.63 bits per heavy atom. The molecule has 0 bridgehead atoms. The molecule has 0 unspecified atom stereocenters. The Hall–Kier alpha value is -1.37. The van der Waals surface area contributed by atoms with Gasteiger partial charge in [-0.05, 0) is 24.5 Å². The van der Waals surface area contributed by atoms with Gasteiger partial charge in [0.2, 0.25) is 0 Å². The minimum Gasteiger partial charge on any atom is -0.389 e. The molecule has 7 heteroatoms.